The summed E-state index contributed by atoms with van der Waals surface area (Å²) in [6.07, 6.45) is 46.6. The summed E-state index contributed by atoms with van der Waals surface area (Å²) in [5.74, 6) is 0. The van der Waals surface area contributed by atoms with Gasteiger partial charge in [0.2, 0.25) is 0 Å². The van der Waals surface area contributed by atoms with Gasteiger partial charge in [0.1, 0.15) is 0 Å². The molecule has 0 aliphatic heterocycles. The summed E-state index contributed by atoms with van der Waals surface area (Å²) in [6.45, 7) is 6.33. The zero-order valence-corrected chi connectivity index (χ0v) is 38.6. The zero-order chi connectivity index (χ0) is 35.3. The Morgan fingerprint density at radius 3 is 1.10 bits per heavy atom. The Hall–Kier alpha value is 0.878. The molecule has 294 valence electrons. The molecule has 0 radical (unpaired) electrons. The quantitative estimate of drug-likeness (QED) is 0.0220. The van der Waals surface area contributed by atoms with E-state index in [0.717, 1.165) is 38.6 Å². The summed E-state index contributed by atoms with van der Waals surface area (Å²) in [6, 6.07) is 0. The van der Waals surface area contributed by atoms with Crippen molar-refractivity contribution in [3.05, 3.63) is 24.3 Å². The molecule has 0 rings (SSSR count). The van der Waals surface area contributed by atoms with Crippen LogP contribution in [-0.2, 0) is 13.6 Å². The molecule has 0 atom stereocenters. The van der Waals surface area contributed by atoms with Gasteiger partial charge in [-0.25, -0.2) is 0 Å². The standard InChI is InChI=1S/C42H86AsNO3P.HI/c1-6-8-10-12-14-16-18-20-22-24-26-28-30-32-34-36-41-46-48(45,44-40-38-39-43(3,4)5)47-42-37-35-33-31-29-27-25-23-21-19-17-15-13-11-9-7-2;/h20-23H,6-19,24-42H2,1-5H3,(H,44,45);1H/q+1;/p-1/b22-20+,23-21+;. The van der Waals surface area contributed by atoms with Crippen LogP contribution in [0.4, 0.5) is 0 Å². The normalized spacial score (nSPS) is 12.4. The zero-order valence-electron chi connectivity index (χ0n) is 33.6. The van der Waals surface area contributed by atoms with Crippen LogP contribution in [0.2, 0.25) is 22.3 Å². The number of hydrogen-bond donors (Lipinski definition) is 1. The van der Waals surface area contributed by atoms with E-state index in [9.17, 15) is 4.57 Å². The monoisotopic (exact) mass is 885 g/mol. The molecule has 0 saturated heterocycles. The maximum absolute atomic E-state index is 13.5. The molecule has 0 fully saturated rings. The predicted molar refractivity (Wildman–Crippen MR) is 219 cm³/mol. The molecule has 0 bridgehead atoms. The fourth-order valence-corrected chi connectivity index (χ4v) is 9.72. The molecule has 7 heteroatoms. The van der Waals surface area contributed by atoms with E-state index in [1.54, 1.807) is 0 Å². The van der Waals surface area contributed by atoms with Crippen LogP contribution >= 0.6 is 7.75 Å². The topological polar surface area (TPSA) is 47.6 Å². The minimum atomic E-state index is -3.23. The van der Waals surface area contributed by atoms with Gasteiger partial charge in [-0.2, -0.15) is 0 Å². The fraction of sp³-hybridized carbons (Fsp3) is 0.905. The van der Waals surface area contributed by atoms with E-state index in [2.05, 4.69) is 60.4 Å². The molecule has 0 aromatic carbocycles. The van der Waals surface area contributed by atoms with Crippen molar-refractivity contribution >= 4 is 21.3 Å². The Bertz CT molecular complexity index is 711. The van der Waals surface area contributed by atoms with Gasteiger partial charge in [0.05, 0.1) is 0 Å². The van der Waals surface area contributed by atoms with Crippen molar-refractivity contribution < 1.29 is 37.6 Å². The third kappa shape index (κ3) is 43.2. The molecule has 0 spiro atoms. The van der Waals surface area contributed by atoms with Crippen molar-refractivity contribution in [2.24, 2.45) is 0 Å². The van der Waals surface area contributed by atoms with Crippen molar-refractivity contribution in [1.29, 1.82) is 0 Å². The summed E-state index contributed by atoms with van der Waals surface area (Å²) in [7, 11) is -3.23. The number of hydrogen-bond acceptors (Lipinski definition) is 3. The molecule has 1 N–H and O–H groups in total. The molecule has 0 aliphatic rings. The van der Waals surface area contributed by atoms with E-state index in [-0.39, 0.29) is 24.0 Å². The van der Waals surface area contributed by atoms with Gasteiger partial charge < -0.3 is 24.0 Å². The van der Waals surface area contributed by atoms with Crippen molar-refractivity contribution in [2.45, 2.75) is 222 Å². The predicted octanol–water partition coefficient (Wildman–Crippen LogP) is 12.5. The van der Waals surface area contributed by atoms with Crippen LogP contribution in [-0.4, -0.2) is 33.3 Å². The van der Waals surface area contributed by atoms with Gasteiger partial charge in [-0.3, -0.25) is 0 Å². The maximum atomic E-state index is 13.5. The van der Waals surface area contributed by atoms with Gasteiger partial charge >= 0.3 is 153 Å². The summed E-state index contributed by atoms with van der Waals surface area (Å²) >= 11 is -1.43. The molecule has 4 nitrogen and oxygen atoms in total. The van der Waals surface area contributed by atoms with Crippen molar-refractivity contribution in [3.63, 3.8) is 0 Å². The molecule has 0 aliphatic carbocycles. The Kier molecular flexibility index (Phi) is 42.5. The van der Waals surface area contributed by atoms with Gasteiger partial charge in [-0.15, -0.1) is 0 Å². The van der Waals surface area contributed by atoms with Crippen molar-refractivity contribution in [1.82, 2.24) is 5.09 Å². The minimum absolute atomic E-state index is 0. The van der Waals surface area contributed by atoms with Crippen LogP contribution in [0.25, 0.3) is 0 Å². The molecule has 0 amide bonds. The number of unbranched alkanes of at least 4 members (excludes halogenated alkanes) is 24. The van der Waals surface area contributed by atoms with Crippen LogP contribution in [0, 0.1) is 0 Å². The average molecular weight is 886 g/mol. The van der Waals surface area contributed by atoms with Gasteiger partial charge in [-0.1, -0.05) is 102 Å². The summed E-state index contributed by atoms with van der Waals surface area (Å²) in [4.78, 5) is 0. The van der Waals surface area contributed by atoms with Crippen LogP contribution in [0.15, 0.2) is 24.3 Å². The summed E-state index contributed by atoms with van der Waals surface area (Å²) in [5.41, 5.74) is 7.27. The molecule has 49 heavy (non-hydrogen) atoms. The first kappa shape index (κ1) is 52.0. The van der Waals surface area contributed by atoms with Crippen molar-refractivity contribution in [3.8, 4) is 0 Å². The summed E-state index contributed by atoms with van der Waals surface area (Å²) in [5, 5.41) is 4.46. The van der Waals surface area contributed by atoms with E-state index in [1.165, 1.54) is 159 Å². The second kappa shape index (κ2) is 40.1. The molecular weight excluding hydrogens is 799 g/mol. The number of rotatable bonds is 39. The van der Waals surface area contributed by atoms with E-state index in [4.69, 9.17) is 9.05 Å². The Balaban J connectivity index is 0. The first-order valence-corrected chi connectivity index (χ1v) is 29.6. The van der Waals surface area contributed by atoms with Gasteiger partial charge in [0, 0.05) is 0 Å². The molecule has 0 aromatic heterocycles. The van der Waals surface area contributed by atoms with Gasteiger partial charge in [0.25, 0.3) is 0 Å². The van der Waals surface area contributed by atoms with Crippen molar-refractivity contribution in [2.75, 3.05) is 19.8 Å². The first-order chi connectivity index (χ1) is 23.3. The Morgan fingerprint density at radius 1 is 0.469 bits per heavy atom. The minimum Gasteiger partial charge on any atom is -1.00 e. The molecule has 0 saturated carbocycles. The number of nitrogens with one attached hydrogen (secondary N) is 1. The second-order valence-corrected chi connectivity index (χ2v) is 27.7. The van der Waals surface area contributed by atoms with Gasteiger partial charge in [0.15, 0.2) is 0 Å². The number of allylic oxidation sites excluding steroid dienone is 4. The molecule has 0 unspecified atom stereocenters. The Labute approximate surface area is 328 Å². The molecular formula is C42H86AsINO3P. The molecule has 0 aromatic rings. The smallest absolute Gasteiger partial charge is 1.00 e. The van der Waals surface area contributed by atoms with Crippen LogP contribution in [0.5, 0.6) is 0 Å². The Morgan fingerprint density at radius 2 is 0.776 bits per heavy atom. The SMILES string of the molecule is CCCCCCCC/C=C/CCCCCCCCOP(=O)(NCCC[As+](C)(C)C)OCCCCCCCC/C=C/CCCCCCCC.[I-]. The first-order valence-electron chi connectivity index (χ1n) is 21.1. The van der Waals surface area contributed by atoms with Crippen LogP contribution < -0.4 is 29.1 Å². The third-order valence-corrected chi connectivity index (χ3v) is 14.3. The van der Waals surface area contributed by atoms with E-state index in [1.807, 2.05) is 0 Å². The molecule has 0 heterocycles. The van der Waals surface area contributed by atoms with Crippen LogP contribution in [0.3, 0.4) is 0 Å². The second-order valence-electron chi connectivity index (χ2n) is 15.3. The van der Waals surface area contributed by atoms with E-state index >= 15 is 0 Å². The van der Waals surface area contributed by atoms with Crippen LogP contribution in [0.1, 0.15) is 200 Å². The average Bonchev–Trinajstić information content (AvgIpc) is 3.05. The van der Waals surface area contributed by atoms with Gasteiger partial charge in [-0.05, 0) is 51.4 Å². The number of halogens is 1. The van der Waals surface area contributed by atoms with E-state index < -0.39 is 21.3 Å². The fourth-order valence-electron chi connectivity index (χ4n) is 5.97. The third-order valence-electron chi connectivity index (χ3n) is 9.15. The summed E-state index contributed by atoms with van der Waals surface area (Å²) < 4.78 is 25.4. The van der Waals surface area contributed by atoms with E-state index in [0.29, 0.717) is 13.2 Å².